The van der Waals surface area contributed by atoms with Crippen LogP contribution in [0.5, 0.6) is 11.5 Å². The van der Waals surface area contributed by atoms with Gasteiger partial charge in [0.2, 0.25) is 10.0 Å². The molecule has 1 rings (SSSR count). The van der Waals surface area contributed by atoms with E-state index in [-0.39, 0.29) is 17.3 Å². The first-order valence-corrected chi connectivity index (χ1v) is 8.10. The maximum absolute atomic E-state index is 12.7. The molecule has 0 fully saturated rings. The van der Waals surface area contributed by atoms with Crippen LogP contribution in [-0.2, 0) is 19.6 Å². The lowest BCUT2D eigenvalue weighted by molar-refractivity contribution is -0.146. The number of ether oxygens (including phenoxy) is 3. The molecule has 1 aromatic carbocycles. The number of likely N-dealkylation sites (N-methyl/N-ethyl adjacent to an activating group) is 1. The standard InChI is InChI=1S/C14H21NO6S/c1-6-21-14(16)10(2)15(3)22(17,18)13-9-11(19-4)7-8-12(13)20-5/h7-10H,6H2,1-5H3/t10-/m1/s1. The Morgan fingerprint density at radius 3 is 2.41 bits per heavy atom. The lowest BCUT2D eigenvalue weighted by Gasteiger charge is -2.23. The summed E-state index contributed by atoms with van der Waals surface area (Å²) in [4.78, 5) is 11.7. The fourth-order valence-corrected chi connectivity index (χ4v) is 3.24. The second-order valence-electron chi connectivity index (χ2n) is 4.47. The molecule has 0 aliphatic rings. The van der Waals surface area contributed by atoms with Gasteiger partial charge in [0, 0.05) is 13.1 Å². The van der Waals surface area contributed by atoms with Gasteiger partial charge in [-0.05, 0) is 26.0 Å². The Balaban J connectivity index is 3.25. The molecule has 0 N–H and O–H groups in total. The van der Waals surface area contributed by atoms with Crippen molar-refractivity contribution in [3.63, 3.8) is 0 Å². The molecule has 1 aromatic rings. The van der Waals surface area contributed by atoms with Gasteiger partial charge in [-0.2, -0.15) is 4.31 Å². The summed E-state index contributed by atoms with van der Waals surface area (Å²) in [6.45, 7) is 3.30. The van der Waals surface area contributed by atoms with Gasteiger partial charge in [0.05, 0.1) is 20.8 Å². The van der Waals surface area contributed by atoms with E-state index in [1.165, 1.54) is 40.3 Å². The highest BCUT2D eigenvalue weighted by Gasteiger charge is 2.32. The topological polar surface area (TPSA) is 82.1 Å². The van der Waals surface area contributed by atoms with E-state index in [1.54, 1.807) is 13.0 Å². The molecule has 0 radical (unpaired) electrons. The van der Waals surface area contributed by atoms with Crippen molar-refractivity contribution in [2.45, 2.75) is 24.8 Å². The van der Waals surface area contributed by atoms with Gasteiger partial charge in [0.1, 0.15) is 22.4 Å². The lowest BCUT2D eigenvalue weighted by Crippen LogP contribution is -2.41. The zero-order valence-corrected chi connectivity index (χ0v) is 14.1. The third-order valence-electron chi connectivity index (χ3n) is 3.20. The van der Waals surface area contributed by atoms with Crippen LogP contribution in [0.4, 0.5) is 0 Å². The van der Waals surface area contributed by atoms with Crippen molar-refractivity contribution in [3.05, 3.63) is 18.2 Å². The second-order valence-corrected chi connectivity index (χ2v) is 6.43. The Labute approximate surface area is 130 Å². The number of sulfonamides is 1. The molecule has 0 saturated carbocycles. The fraction of sp³-hybridized carbons (Fsp3) is 0.500. The predicted octanol–water partition coefficient (Wildman–Crippen LogP) is 1.28. The van der Waals surface area contributed by atoms with Crippen molar-refractivity contribution in [3.8, 4) is 11.5 Å². The van der Waals surface area contributed by atoms with Crippen molar-refractivity contribution in [1.29, 1.82) is 0 Å². The van der Waals surface area contributed by atoms with Gasteiger partial charge in [-0.15, -0.1) is 0 Å². The van der Waals surface area contributed by atoms with E-state index in [0.29, 0.717) is 5.75 Å². The van der Waals surface area contributed by atoms with Gasteiger partial charge in [-0.25, -0.2) is 8.42 Å². The molecule has 0 bridgehead atoms. The SMILES string of the molecule is CCOC(=O)[C@@H](C)N(C)S(=O)(=O)c1cc(OC)ccc1OC. The van der Waals surface area contributed by atoms with Crippen LogP contribution in [0, 0.1) is 0 Å². The summed E-state index contributed by atoms with van der Waals surface area (Å²) in [5.41, 5.74) is 0. The normalized spacial score (nSPS) is 12.8. The smallest absolute Gasteiger partial charge is 0.324 e. The molecular formula is C14H21NO6S. The van der Waals surface area contributed by atoms with Crippen LogP contribution in [-0.4, -0.2) is 52.6 Å². The first-order chi connectivity index (χ1) is 10.3. The molecule has 0 aliphatic heterocycles. The molecule has 0 aromatic heterocycles. The van der Waals surface area contributed by atoms with E-state index < -0.39 is 22.0 Å². The molecule has 7 nitrogen and oxygen atoms in total. The number of nitrogens with zero attached hydrogens (tertiary/aromatic N) is 1. The predicted molar refractivity (Wildman–Crippen MR) is 80.6 cm³/mol. The number of benzene rings is 1. The van der Waals surface area contributed by atoms with Gasteiger partial charge in [0.15, 0.2) is 0 Å². The summed E-state index contributed by atoms with van der Waals surface area (Å²) in [6.07, 6.45) is 0. The van der Waals surface area contributed by atoms with Crippen LogP contribution in [0.1, 0.15) is 13.8 Å². The molecule has 0 heterocycles. The summed E-state index contributed by atoms with van der Waals surface area (Å²) in [6, 6.07) is 3.48. The van der Waals surface area contributed by atoms with Crippen LogP contribution in [0.3, 0.4) is 0 Å². The Bertz CT molecular complexity index is 628. The highest BCUT2D eigenvalue weighted by molar-refractivity contribution is 7.89. The molecule has 0 saturated heterocycles. The van der Waals surface area contributed by atoms with Crippen molar-refractivity contribution < 1.29 is 27.4 Å². The molecule has 1 atom stereocenters. The van der Waals surface area contributed by atoms with E-state index in [9.17, 15) is 13.2 Å². The largest absolute Gasteiger partial charge is 0.497 e. The number of methoxy groups -OCH3 is 2. The zero-order valence-electron chi connectivity index (χ0n) is 13.3. The quantitative estimate of drug-likeness (QED) is 0.700. The molecule has 124 valence electrons. The number of carbonyl (C=O) groups excluding carboxylic acids is 1. The van der Waals surface area contributed by atoms with E-state index in [0.717, 1.165) is 4.31 Å². The highest BCUT2D eigenvalue weighted by Crippen LogP contribution is 2.30. The number of rotatable bonds is 7. The van der Waals surface area contributed by atoms with Crippen molar-refractivity contribution in [2.24, 2.45) is 0 Å². The number of carbonyl (C=O) groups is 1. The van der Waals surface area contributed by atoms with Gasteiger partial charge < -0.3 is 14.2 Å². The van der Waals surface area contributed by atoms with Crippen molar-refractivity contribution in [2.75, 3.05) is 27.9 Å². The molecule has 22 heavy (non-hydrogen) atoms. The van der Waals surface area contributed by atoms with Crippen LogP contribution < -0.4 is 9.47 Å². The third kappa shape index (κ3) is 3.69. The zero-order chi connectivity index (χ0) is 16.9. The second kappa shape index (κ2) is 7.46. The number of hydrogen-bond acceptors (Lipinski definition) is 6. The van der Waals surface area contributed by atoms with Crippen LogP contribution in [0.25, 0.3) is 0 Å². The van der Waals surface area contributed by atoms with Gasteiger partial charge >= 0.3 is 5.97 Å². The molecule has 0 spiro atoms. The molecular weight excluding hydrogens is 310 g/mol. The molecule has 0 aliphatic carbocycles. The first kappa shape index (κ1) is 18.2. The van der Waals surface area contributed by atoms with Crippen LogP contribution in [0.2, 0.25) is 0 Å². The lowest BCUT2D eigenvalue weighted by atomic mass is 10.3. The molecule has 0 unspecified atom stereocenters. The molecule has 8 heteroatoms. The van der Waals surface area contributed by atoms with E-state index in [1.807, 2.05) is 0 Å². The first-order valence-electron chi connectivity index (χ1n) is 6.66. The van der Waals surface area contributed by atoms with Crippen LogP contribution >= 0.6 is 0 Å². The summed E-state index contributed by atoms with van der Waals surface area (Å²) in [5.74, 6) is -0.0734. The van der Waals surface area contributed by atoms with Crippen molar-refractivity contribution >= 4 is 16.0 Å². The maximum Gasteiger partial charge on any atom is 0.324 e. The summed E-state index contributed by atoms with van der Waals surface area (Å²) < 4.78 is 41.4. The minimum atomic E-state index is -3.95. The minimum absolute atomic E-state index is 0.0759. The highest BCUT2D eigenvalue weighted by atomic mass is 32.2. The summed E-state index contributed by atoms with van der Waals surface area (Å²) >= 11 is 0. The van der Waals surface area contributed by atoms with E-state index in [2.05, 4.69) is 0 Å². The third-order valence-corrected chi connectivity index (χ3v) is 5.15. The average Bonchev–Trinajstić information content (AvgIpc) is 2.52. The Hall–Kier alpha value is -1.80. The minimum Gasteiger partial charge on any atom is -0.497 e. The van der Waals surface area contributed by atoms with Gasteiger partial charge in [0.25, 0.3) is 0 Å². The Kier molecular flexibility index (Phi) is 6.19. The Morgan fingerprint density at radius 2 is 1.91 bits per heavy atom. The molecule has 0 amide bonds. The average molecular weight is 331 g/mol. The van der Waals surface area contributed by atoms with Gasteiger partial charge in [-0.1, -0.05) is 0 Å². The van der Waals surface area contributed by atoms with E-state index in [4.69, 9.17) is 14.2 Å². The Morgan fingerprint density at radius 1 is 1.27 bits per heavy atom. The monoisotopic (exact) mass is 331 g/mol. The van der Waals surface area contributed by atoms with Crippen LogP contribution in [0.15, 0.2) is 23.1 Å². The van der Waals surface area contributed by atoms with E-state index >= 15 is 0 Å². The summed E-state index contributed by atoms with van der Waals surface area (Å²) in [7, 11) is 0.170. The fourth-order valence-electron chi connectivity index (χ4n) is 1.76. The summed E-state index contributed by atoms with van der Waals surface area (Å²) in [5, 5.41) is 0. The van der Waals surface area contributed by atoms with Crippen molar-refractivity contribution in [1.82, 2.24) is 4.31 Å². The maximum atomic E-state index is 12.7. The number of esters is 1. The van der Waals surface area contributed by atoms with Gasteiger partial charge in [-0.3, -0.25) is 4.79 Å². The number of hydrogen-bond donors (Lipinski definition) is 0.